The smallest absolute Gasteiger partial charge is 0.0540 e. The Morgan fingerprint density at radius 2 is 0.870 bits per heavy atom. The highest BCUT2D eigenvalue weighted by atomic mass is 32.1. The van der Waals surface area contributed by atoms with E-state index >= 15 is 0 Å². The lowest BCUT2D eigenvalue weighted by Crippen LogP contribution is -2.11. The number of benzene rings is 9. The quantitative estimate of drug-likeness (QED) is 0.160. The summed E-state index contributed by atoms with van der Waals surface area (Å²) in [5.41, 5.74) is 13.0. The van der Waals surface area contributed by atoms with Crippen LogP contribution in [-0.2, 0) is 0 Å². The highest BCUT2D eigenvalue weighted by Crippen LogP contribution is 2.46. The molecule has 0 aliphatic carbocycles. The van der Waals surface area contributed by atoms with Gasteiger partial charge in [-0.05, 0) is 92.2 Å². The molecule has 0 saturated carbocycles. The van der Waals surface area contributed by atoms with Gasteiger partial charge < -0.3 is 4.90 Å². The van der Waals surface area contributed by atoms with Crippen molar-refractivity contribution in [1.82, 2.24) is 0 Å². The van der Waals surface area contributed by atoms with Crippen molar-refractivity contribution in [3.63, 3.8) is 0 Å². The van der Waals surface area contributed by atoms with Crippen LogP contribution >= 0.6 is 11.3 Å². The number of para-hydroxylation sites is 1. The summed E-state index contributed by atoms with van der Waals surface area (Å²) in [5.74, 6) is 0. The van der Waals surface area contributed by atoms with Crippen LogP contribution in [0.3, 0.4) is 0 Å². The first-order valence-corrected chi connectivity index (χ1v) is 19.2. The van der Waals surface area contributed by atoms with E-state index in [4.69, 9.17) is 0 Å². The van der Waals surface area contributed by atoms with Gasteiger partial charge >= 0.3 is 0 Å². The second-order valence-corrected chi connectivity index (χ2v) is 14.8. The zero-order valence-electron chi connectivity index (χ0n) is 29.6. The van der Waals surface area contributed by atoms with Crippen LogP contribution in [0.4, 0.5) is 17.1 Å². The van der Waals surface area contributed by atoms with E-state index in [1.807, 2.05) is 11.3 Å². The number of fused-ring (bicyclic) bond motifs is 4. The fourth-order valence-corrected chi connectivity index (χ4v) is 9.14. The van der Waals surface area contributed by atoms with Crippen molar-refractivity contribution in [2.45, 2.75) is 0 Å². The number of nitrogens with zero attached hydrogens (tertiary/aromatic N) is 1. The van der Waals surface area contributed by atoms with Crippen LogP contribution in [0.25, 0.3) is 75.5 Å². The molecular weight excluding hydrogens is 671 g/mol. The Balaban J connectivity index is 1.19. The summed E-state index contributed by atoms with van der Waals surface area (Å²) in [4.78, 5) is 2.43. The van der Waals surface area contributed by atoms with Gasteiger partial charge in [0, 0.05) is 37.1 Å². The van der Waals surface area contributed by atoms with Crippen molar-refractivity contribution in [2.24, 2.45) is 0 Å². The van der Waals surface area contributed by atoms with Crippen LogP contribution in [0.5, 0.6) is 0 Å². The molecule has 0 amide bonds. The molecule has 254 valence electrons. The van der Waals surface area contributed by atoms with Gasteiger partial charge in [0.25, 0.3) is 0 Å². The molecule has 0 unspecified atom stereocenters. The standard InChI is InChI=1S/C52H35NS/c1-3-15-36(16-4-1)37-31-33-41(34-32-37)53(42-22-11-21-40(35-42)44-26-14-30-50-52(44)47-24-8-10-29-49(47)54-50)48-28-9-7-23-45(48)46-27-13-20-39-19-12-25-43(51(39)46)38-17-5-2-6-18-38/h1-35H. The monoisotopic (exact) mass is 705 g/mol. The molecule has 2 heteroatoms. The number of anilines is 3. The SMILES string of the molecule is c1ccc(-c2ccc(N(c3cccc(-c4cccc5sc6ccccc6c45)c3)c3ccccc3-c3cccc4cccc(-c5ccccc5)c34)cc2)cc1. The van der Waals surface area contributed by atoms with Crippen molar-refractivity contribution in [3.8, 4) is 44.5 Å². The number of thiophene rings is 1. The van der Waals surface area contributed by atoms with Gasteiger partial charge in [-0.1, -0.05) is 170 Å². The molecule has 0 N–H and O–H groups in total. The van der Waals surface area contributed by atoms with E-state index in [0.29, 0.717) is 0 Å². The Labute approximate surface area is 319 Å². The van der Waals surface area contributed by atoms with Gasteiger partial charge in [-0.15, -0.1) is 11.3 Å². The van der Waals surface area contributed by atoms with Gasteiger partial charge in [0.05, 0.1) is 5.69 Å². The summed E-state index contributed by atoms with van der Waals surface area (Å²) >= 11 is 1.86. The fourth-order valence-electron chi connectivity index (χ4n) is 8.01. The summed E-state index contributed by atoms with van der Waals surface area (Å²) in [6.07, 6.45) is 0. The minimum Gasteiger partial charge on any atom is -0.310 e. The van der Waals surface area contributed by atoms with Crippen molar-refractivity contribution >= 4 is 59.3 Å². The van der Waals surface area contributed by atoms with Gasteiger partial charge in [0.1, 0.15) is 0 Å². The Morgan fingerprint density at radius 1 is 0.315 bits per heavy atom. The lowest BCUT2D eigenvalue weighted by Gasteiger charge is -2.29. The summed E-state index contributed by atoms with van der Waals surface area (Å²) in [6, 6.07) is 77.1. The van der Waals surface area contributed by atoms with Crippen molar-refractivity contribution in [1.29, 1.82) is 0 Å². The Hall–Kier alpha value is -6.74. The van der Waals surface area contributed by atoms with Gasteiger partial charge in [0.15, 0.2) is 0 Å². The molecule has 1 heterocycles. The van der Waals surface area contributed by atoms with Gasteiger partial charge in [-0.25, -0.2) is 0 Å². The van der Waals surface area contributed by atoms with E-state index in [9.17, 15) is 0 Å². The van der Waals surface area contributed by atoms with E-state index in [2.05, 4.69) is 217 Å². The Morgan fingerprint density at radius 3 is 1.67 bits per heavy atom. The molecule has 0 radical (unpaired) electrons. The maximum absolute atomic E-state index is 2.43. The third-order valence-electron chi connectivity index (χ3n) is 10.5. The lowest BCUT2D eigenvalue weighted by molar-refractivity contribution is 1.28. The molecule has 9 aromatic carbocycles. The third-order valence-corrected chi connectivity index (χ3v) is 11.6. The van der Waals surface area contributed by atoms with E-state index in [1.165, 1.54) is 75.5 Å². The van der Waals surface area contributed by atoms with E-state index in [1.54, 1.807) is 0 Å². The van der Waals surface area contributed by atoms with Crippen LogP contribution in [0.1, 0.15) is 0 Å². The second kappa shape index (κ2) is 13.7. The number of hydrogen-bond donors (Lipinski definition) is 0. The predicted octanol–water partition coefficient (Wildman–Crippen LogP) is 15.3. The molecule has 54 heavy (non-hydrogen) atoms. The zero-order valence-corrected chi connectivity index (χ0v) is 30.4. The maximum Gasteiger partial charge on any atom is 0.0540 e. The molecule has 0 saturated heterocycles. The topological polar surface area (TPSA) is 3.24 Å². The van der Waals surface area contributed by atoms with Gasteiger partial charge in [0.2, 0.25) is 0 Å². The molecule has 10 aromatic rings. The van der Waals surface area contributed by atoms with Crippen LogP contribution in [-0.4, -0.2) is 0 Å². The minimum absolute atomic E-state index is 1.10. The molecule has 0 atom stereocenters. The predicted molar refractivity (Wildman–Crippen MR) is 233 cm³/mol. The molecular formula is C52H35NS. The first kappa shape index (κ1) is 32.0. The third kappa shape index (κ3) is 5.65. The molecule has 1 aromatic heterocycles. The second-order valence-electron chi connectivity index (χ2n) is 13.7. The van der Waals surface area contributed by atoms with Crippen LogP contribution in [0.2, 0.25) is 0 Å². The molecule has 1 nitrogen and oxygen atoms in total. The maximum atomic E-state index is 2.43. The van der Waals surface area contributed by atoms with Crippen LogP contribution in [0, 0.1) is 0 Å². The minimum atomic E-state index is 1.10. The van der Waals surface area contributed by atoms with E-state index < -0.39 is 0 Å². The van der Waals surface area contributed by atoms with Crippen LogP contribution < -0.4 is 4.90 Å². The van der Waals surface area contributed by atoms with E-state index in [-0.39, 0.29) is 0 Å². The summed E-state index contributed by atoms with van der Waals surface area (Å²) in [6.45, 7) is 0. The average molecular weight is 706 g/mol. The van der Waals surface area contributed by atoms with Crippen molar-refractivity contribution < 1.29 is 0 Å². The highest BCUT2D eigenvalue weighted by molar-refractivity contribution is 7.25. The molecule has 10 rings (SSSR count). The molecule has 0 spiro atoms. The van der Waals surface area contributed by atoms with Gasteiger partial charge in [-0.2, -0.15) is 0 Å². The number of hydrogen-bond acceptors (Lipinski definition) is 2. The van der Waals surface area contributed by atoms with Gasteiger partial charge in [-0.3, -0.25) is 0 Å². The Kier molecular flexibility index (Phi) is 8.09. The fraction of sp³-hybridized carbons (Fsp3) is 0. The summed E-state index contributed by atoms with van der Waals surface area (Å²) in [5, 5.41) is 5.10. The van der Waals surface area contributed by atoms with E-state index in [0.717, 1.165) is 17.1 Å². The first-order valence-electron chi connectivity index (χ1n) is 18.4. The normalized spacial score (nSPS) is 11.3. The zero-order chi connectivity index (χ0) is 35.8. The molecule has 0 fully saturated rings. The molecule has 0 aliphatic heterocycles. The molecule has 0 aliphatic rings. The number of rotatable bonds is 7. The first-order chi connectivity index (χ1) is 26.8. The largest absolute Gasteiger partial charge is 0.310 e. The average Bonchev–Trinajstić information content (AvgIpc) is 3.64. The summed E-state index contributed by atoms with van der Waals surface area (Å²) in [7, 11) is 0. The Bertz CT molecular complexity index is 2920. The van der Waals surface area contributed by atoms with Crippen molar-refractivity contribution in [2.75, 3.05) is 4.90 Å². The molecule has 0 bridgehead atoms. The summed E-state index contributed by atoms with van der Waals surface area (Å²) < 4.78 is 2.62. The van der Waals surface area contributed by atoms with Crippen LogP contribution in [0.15, 0.2) is 212 Å². The lowest BCUT2D eigenvalue weighted by atomic mass is 9.90. The highest BCUT2D eigenvalue weighted by Gasteiger charge is 2.21. The van der Waals surface area contributed by atoms with Crippen molar-refractivity contribution in [3.05, 3.63) is 212 Å².